The molecule has 1 saturated heterocycles. The van der Waals surface area contributed by atoms with Crippen molar-refractivity contribution >= 4 is 34.2 Å². The second kappa shape index (κ2) is 9.53. The molecule has 5 rings (SSSR count). The molecule has 1 aromatic carbocycles. The molecule has 1 aliphatic heterocycles. The summed E-state index contributed by atoms with van der Waals surface area (Å²) in [5.41, 5.74) is 2.03. The number of hydrogen-bond donors (Lipinski definition) is 2. The van der Waals surface area contributed by atoms with Crippen LogP contribution in [0, 0.1) is 0 Å². The minimum atomic E-state index is 0.0299. The topological polar surface area (TPSA) is 77.2 Å². The van der Waals surface area contributed by atoms with Crippen LogP contribution in [0.5, 0.6) is 0 Å². The van der Waals surface area contributed by atoms with Gasteiger partial charge in [0.1, 0.15) is 10.8 Å². The first kappa shape index (κ1) is 21.9. The summed E-state index contributed by atoms with van der Waals surface area (Å²) in [4.78, 5) is 28.9. The van der Waals surface area contributed by atoms with E-state index in [1.54, 1.807) is 6.20 Å². The van der Waals surface area contributed by atoms with E-state index >= 15 is 0 Å². The molecule has 0 bridgehead atoms. The number of nitrogens with one attached hydrogen (secondary N) is 2. The van der Waals surface area contributed by atoms with E-state index in [1.165, 1.54) is 12.5 Å². The van der Waals surface area contributed by atoms with Crippen molar-refractivity contribution in [3.05, 3.63) is 54.3 Å². The van der Waals surface area contributed by atoms with Gasteiger partial charge in [-0.05, 0) is 37.8 Å². The number of aromatic nitrogens is 3. The smallest absolute Gasteiger partial charge is 0.246 e. The number of fused-ring (bicyclic) bond motifs is 1. The lowest BCUT2D eigenvalue weighted by molar-refractivity contribution is -0.128. The number of piperazine rings is 1. The number of anilines is 1. The molecule has 2 fully saturated rings. The summed E-state index contributed by atoms with van der Waals surface area (Å²) in [7, 11) is 0. The Morgan fingerprint density at radius 2 is 2.03 bits per heavy atom. The average Bonchev–Trinajstić information content (AvgIpc) is 3.29. The van der Waals surface area contributed by atoms with Gasteiger partial charge in [-0.15, -0.1) is 0 Å². The molecule has 7 nitrogen and oxygen atoms in total. The van der Waals surface area contributed by atoms with Gasteiger partial charge in [-0.3, -0.25) is 9.69 Å². The van der Waals surface area contributed by atoms with Crippen LogP contribution < -0.4 is 5.32 Å². The minimum Gasteiger partial charge on any atom is -0.366 e. The number of aromatic amines is 1. The molecule has 0 spiro atoms. The number of rotatable bonds is 5. The first-order chi connectivity index (χ1) is 16.1. The van der Waals surface area contributed by atoms with Crippen LogP contribution >= 0.6 is 11.6 Å². The first-order valence-corrected chi connectivity index (χ1v) is 12.0. The van der Waals surface area contributed by atoms with Crippen LogP contribution in [0.4, 0.5) is 5.82 Å². The van der Waals surface area contributed by atoms with Crippen LogP contribution in [0.3, 0.4) is 0 Å². The third kappa shape index (κ3) is 4.61. The lowest BCUT2D eigenvalue weighted by atomic mass is 9.89. The van der Waals surface area contributed by atoms with E-state index < -0.39 is 0 Å². The van der Waals surface area contributed by atoms with Crippen molar-refractivity contribution < 1.29 is 4.79 Å². The standard InChI is InChI=1S/C25H29ClN6O/c1-2-23(33)32-12-10-31(11-13-32)18-7-5-6-17(14-18)29-25-21(26)16-28-24(30-25)20-15-27-22-9-4-3-8-19(20)22/h2-4,8-9,15-18,27H,1,5-7,10-14H2,(H,28,29,30)/t17-,18+/m1/s1. The van der Waals surface area contributed by atoms with Gasteiger partial charge in [0.15, 0.2) is 5.82 Å². The number of benzene rings is 1. The van der Waals surface area contributed by atoms with Gasteiger partial charge in [0, 0.05) is 60.9 Å². The summed E-state index contributed by atoms with van der Waals surface area (Å²) in [6, 6.07) is 8.95. The van der Waals surface area contributed by atoms with E-state index in [-0.39, 0.29) is 5.91 Å². The average molecular weight is 465 g/mol. The number of halogens is 1. The molecule has 3 heterocycles. The van der Waals surface area contributed by atoms with Gasteiger partial charge < -0.3 is 15.2 Å². The van der Waals surface area contributed by atoms with Crippen molar-refractivity contribution in [1.29, 1.82) is 0 Å². The van der Waals surface area contributed by atoms with Gasteiger partial charge >= 0.3 is 0 Å². The zero-order chi connectivity index (χ0) is 22.8. The Bertz CT molecular complexity index is 1150. The van der Waals surface area contributed by atoms with E-state index in [0.29, 0.717) is 28.7 Å². The molecule has 3 aromatic rings. The Morgan fingerprint density at radius 1 is 1.21 bits per heavy atom. The Labute approximate surface area is 198 Å². The number of nitrogens with zero attached hydrogens (tertiary/aromatic N) is 4. The summed E-state index contributed by atoms with van der Waals surface area (Å²) in [6.45, 7) is 6.97. The second-order valence-electron chi connectivity index (χ2n) is 8.87. The number of para-hydroxylation sites is 1. The SMILES string of the molecule is C=CC(=O)N1CCN([C@H]2CCC[C@@H](Nc3nc(-c4c[nH]c5ccccc45)ncc3Cl)C2)CC1. The van der Waals surface area contributed by atoms with Crippen molar-refractivity contribution in [2.24, 2.45) is 0 Å². The predicted molar refractivity (Wildman–Crippen MR) is 132 cm³/mol. The fourth-order valence-electron chi connectivity index (χ4n) is 5.11. The third-order valence-corrected chi connectivity index (χ3v) is 7.16. The largest absolute Gasteiger partial charge is 0.366 e. The van der Waals surface area contributed by atoms with Gasteiger partial charge in [-0.2, -0.15) is 0 Å². The molecule has 8 heteroatoms. The van der Waals surface area contributed by atoms with Crippen molar-refractivity contribution in [3.63, 3.8) is 0 Å². The van der Waals surface area contributed by atoms with E-state index in [9.17, 15) is 4.79 Å². The summed E-state index contributed by atoms with van der Waals surface area (Å²) >= 11 is 6.49. The van der Waals surface area contributed by atoms with Crippen LogP contribution in [0.2, 0.25) is 5.02 Å². The number of H-pyrrole nitrogens is 1. The van der Waals surface area contributed by atoms with Crippen molar-refractivity contribution in [2.75, 3.05) is 31.5 Å². The second-order valence-corrected chi connectivity index (χ2v) is 9.27. The molecular weight excluding hydrogens is 436 g/mol. The summed E-state index contributed by atoms with van der Waals surface area (Å²) in [5.74, 6) is 1.39. The van der Waals surface area contributed by atoms with E-state index in [0.717, 1.165) is 61.9 Å². The van der Waals surface area contributed by atoms with E-state index in [1.807, 2.05) is 29.3 Å². The molecule has 2 aliphatic rings. The van der Waals surface area contributed by atoms with Gasteiger partial charge in [-0.1, -0.05) is 36.4 Å². The molecule has 1 amide bonds. The molecule has 2 aromatic heterocycles. The number of carbonyl (C=O) groups excluding carboxylic acids is 1. The van der Waals surface area contributed by atoms with Gasteiger partial charge in [0.05, 0.1) is 6.20 Å². The molecule has 0 unspecified atom stereocenters. The molecular formula is C25H29ClN6O. The monoisotopic (exact) mass is 464 g/mol. The highest BCUT2D eigenvalue weighted by atomic mass is 35.5. The highest BCUT2D eigenvalue weighted by molar-refractivity contribution is 6.32. The normalized spacial score (nSPS) is 21.8. The van der Waals surface area contributed by atoms with Gasteiger partial charge in [-0.25, -0.2) is 9.97 Å². The molecule has 1 saturated carbocycles. The zero-order valence-corrected chi connectivity index (χ0v) is 19.4. The quantitative estimate of drug-likeness (QED) is 0.549. The summed E-state index contributed by atoms with van der Waals surface area (Å²) in [6.07, 6.45) is 9.52. The van der Waals surface area contributed by atoms with Crippen LogP contribution in [-0.2, 0) is 4.79 Å². The number of carbonyl (C=O) groups is 1. The number of amides is 1. The highest BCUT2D eigenvalue weighted by Gasteiger charge is 2.30. The summed E-state index contributed by atoms with van der Waals surface area (Å²) in [5, 5.41) is 5.24. The van der Waals surface area contributed by atoms with Crippen molar-refractivity contribution in [3.8, 4) is 11.4 Å². The first-order valence-electron chi connectivity index (χ1n) is 11.6. The van der Waals surface area contributed by atoms with E-state index in [4.69, 9.17) is 16.6 Å². The molecule has 1 aliphatic carbocycles. The maximum atomic E-state index is 11.9. The fourth-order valence-corrected chi connectivity index (χ4v) is 5.26. The van der Waals surface area contributed by atoms with Crippen molar-refractivity contribution in [1.82, 2.24) is 24.8 Å². The van der Waals surface area contributed by atoms with Crippen LogP contribution in [0.25, 0.3) is 22.3 Å². The lowest BCUT2D eigenvalue weighted by Crippen LogP contribution is -2.53. The fraction of sp³-hybridized carbons (Fsp3) is 0.400. The molecule has 2 atom stereocenters. The maximum Gasteiger partial charge on any atom is 0.246 e. The Hall–Kier alpha value is -2.90. The zero-order valence-electron chi connectivity index (χ0n) is 18.6. The Kier molecular flexibility index (Phi) is 6.33. The lowest BCUT2D eigenvalue weighted by Gasteiger charge is -2.42. The van der Waals surface area contributed by atoms with Crippen LogP contribution in [-0.4, -0.2) is 68.9 Å². The summed E-state index contributed by atoms with van der Waals surface area (Å²) < 4.78 is 0. The molecule has 172 valence electrons. The van der Waals surface area contributed by atoms with Crippen LogP contribution in [0.15, 0.2) is 49.3 Å². The molecule has 0 radical (unpaired) electrons. The maximum absolute atomic E-state index is 11.9. The van der Waals surface area contributed by atoms with Gasteiger partial charge in [0.2, 0.25) is 5.91 Å². The molecule has 33 heavy (non-hydrogen) atoms. The number of hydrogen-bond acceptors (Lipinski definition) is 5. The van der Waals surface area contributed by atoms with Gasteiger partial charge in [0.25, 0.3) is 0 Å². The van der Waals surface area contributed by atoms with E-state index in [2.05, 4.69) is 32.8 Å². The van der Waals surface area contributed by atoms with Crippen LogP contribution in [0.1, 0.15) is 25.7 Å². The third-order valence-electron chi connectivity index (χ3n) is 6.88. The Morgan fingerprint density at radius 3 is 2.85 bits per heavy atom. The highest BCUT2D eigenvalue weighted by Crippen LogP contribution is 2.31. The minimum absolute atomic E-state index is 0.0299. The Balaban J connectivity index is 1.27. The molecule has 2 N–H and O–H groups in total. The predicted octanol–water partition coefficient (Wildman–Crippen LogP) is 4.33. The van der Waals surface area contributed by atoms with Crippen molar-refractivity contribution in [2.45, 2.75) is 37.8 Å².